The van der Waals surface area contributed by atoms with Crippen LogP contribution in [0.1, 0.15) is 12.5 Å². The number of nitrogens with one attached hydrogen (secondary N) is 2. The molecule has 11 heteroatoms. The van der Waals surface area contributed by atoms with Crippen LogP contribution in [-0.4, -0.2) is 48.1 Å². The van der Waals surface area contributed by atoms with E-state index in [9.17, 15) is 18.0 Å². The van der Waals surface area contributed by atoms with Crippen LogP contribution in [0.4, 0.5) is 23.7 Å². The fourth-order valence-electron chi connectivity index (χ4n) is 2.27. The molecule has 0 heterocycles. The van der Waals surface area contributed by atoms with E-state index in [2.05, 4.69) is 23.9 Å². The first kappa shape index (κ1) is 25.7. The van der Waals surface area contributed by atoms with Crippen molar-refractivity contribution < 1.29 is 37.3 Å². The number of anilines is 1. The average Bonchev–Trinajstić information content (AvgIpc) is 2.67. The number of halogens is 3. The highest BCUT2D eigenvalue weighted by Gasteiger charge is 2.30. The molecule has 1 aromatic rings. The Morgan fingerprint density at radius 1 is 1.32 bits per heavy atom. The molecule has 0 atom stereocenters. The minimum absolute atomic E-state index is 0.000351. The smallest absolute Gasteiger partial charge is 0.478 e. The number of nitrogens with zero attached hydrogens (tertiary/aromatic N) is 1. The predicted octanol–water partition coefficient (Wildman–Crippen LogP) is 3.06. The van der Waals surface area contributed by atoms with Gasteiger partial charge in [0.2, 0.25) is 6.20 Å². The van der Waals surface area contributed by atoms with Gasteiger partial charge < -0.3 is 20.1 Å². The first-order valence-corrected chi connectivity index (χ1v) is 8.90. The third kappa shape index (κ3) is 9.36. The van der Waals surface area contributed by atoms with Crippen molar-refractivity contribution in [2.24, 2.45) is 0 Å². The molecule has 0 fully saturated rings. The third-order valence-electron chi connectivity index (χ3n) is 3.75. The fourth-order valence-corrected chi connectivity index (χ4v) is 2.27. The van der Waals surface area contributed by atoms with Crippen molar-refractivity contribution in [3.8, 4) is 0 Å². The maximum absolute atomic E-state index is 12.8. The number of alkyl halides is 3. The summed E-state index contributed by atoms with van der Waals surface area (Å²) in [6.45, 7) is 9.32. The van der Waals surface area contributed by atoms with Crippen LogP contribution in [0.3, 0.4) is 0 Å². The lowest BCUT2D eigenvalue weighted by Crippen LogP contribution is -2.29. The van der Waals surface area contributed by atoms with Gasteiger partial charge in [-0.2, -0.15) is 13.2 Å². The van der Waals surface area contributed by atoms with E-state index in [-0.39, 0.29) is 17.0 Å². The summed E-state index contributed by atoms with van der Waals surface area (Å²) in [5.74, 6) is 0.000351. The minimum atomic E-state index is -4.53. The van der Waals surface area contributed by atoms with Gasteiger partial charge in [-0.15, -0.1) is 0 Å². The van der Waals surface area contributed by atoms with Crippen LogP contribution in [0.5, 0.6) is 0 Å². The SMILES string of the molecule is C=C/C(=C\C=C(/C)C[N+](=C)/C=C(/NC(=O)Nc1cccc(C(F)(F)F)c1)OC)B(O)O. The molecule has 0 radical (unpaired) electrons. The lowest BCUT2D eigenvalue weighted by atomic mass is 9.79. The van der Waals surface area contributed by atoms with Crippen LogP contribution in [0, 0.1) is 0 Å². The molecule has 0 aliphatic rings. The number of carbonyl (C=O) groups excluding carboxylic acids is 1. The van der Waals surface area contributed by atoms with E-state index in [0.717, 1.165) is 17.7 Å². The molecule has 4 N–H and O–H groups in total. The van der Waals surface area contributed by atoms with E-state index >= 15 is 0 Å². The Balaban J connectivity index is 2.78. The molecule has 0 unspecified atom stereocenters. The largest absolute Gasteiger partial charge is 0.488 e. The van der Waals surface area contributed by atoms with Crippen LogP contribution in [-0.2, 0) is 10.9 Å². The Labute approximate surface area is 178 Å². The first-order chi connectivity index (χ1) is 14.5. The maximum Gasteiger partial charge on any atom is 0.488 e. The molecule has 0 aliphatic carbocycles. The Kier molecular flexibility index (Phi) is 9.77. The van der Waals surface area contributed by atoms with E-state index in [1.54, 1.807) is 13.0 Å². The lowest BCUT2D eigenvalue weighted by molar-refractivity contribution is -0.440. The first-order valence-electron chi connectivity index (χ1n) is 8.90. The third-order valence-corrected chi connectivity index (χ3v) is 3.75. The maximum atomic E-state index is 12.8. The van der Waals surface area contributed by atoms with E-state index < -0.39 is 24.9 Å². The standard InChI is InChI=1S/C20H23BF3N3O4/c1-5-16(21(29)30)10-9-14(2)12-27(3)13-18(31-4)26-19(28)25-17-8-6-7-15(11-17)20(22,23)24/h5-11,13,29-30H,1,3,12H2,2,4H3,(H-,25,26,28)/p+1/b14-9+,16-10+,18-13-. The predicted molar refractivity (Wildman–Crippen MR) is 113 cm³/mol. The Bertz CT molecular complexity index is 909. The molecule has 1 rings (SSSR count). The van der Waals surface area contributed by atoms with Crippen molar-refractivity contribution in [1.29, 1.82) is 0 Å². The second-order valence-corrected chi connectivity index (χ2v) is 6.36. The molecule has 0 bridgehead atoms. The monoisotopic (exact) mass is 438 g/mol. The van der Waals surface area contributed by atoms with Crippen molar-refractivity contribution in [1.82, 2.24) is 5.32 Å². The van der Waals surface area contributed by atoms with Crippen LogP contribution in [0.15, 0.2) is 72.2 Å². The normalized spacial score (nSPS) is 12.8. The summed E-state index contributed by atoms with van der Waals surface area (Å²) >= 11 is 0. The van der Waals surface area contributed by atoms with E-state index in [4.69, 9.17) is 14.8 Å². The summed E-state index contributed by atoms with van der Waals surface area (Å²) in [6, 6.07) is 3.41. The molecule has 0 aromatic heterocycles. The summed E-state index contributed by atoms with van der Waals surface area (Å²) in [5, 5.41) is 22.9. The van der Waals surface area contributed by atoms with Crippen molar-refractivity contribution >= 4 is 25.6 Å². The van der Waals surface area contributed by atoms with Crippen LogP contribution >= 0.6 is 0 Å². The zero-order chi connectivity index (χ0) is 23.6. The minimum Gasteiger partial charge on any atom is -0.478 e. The summed E-state index contributed by atoms with van der Waals surface area (Å²) in [5.41, 5.74) is 0.0800. The van der Waals surface area contributed by atoms with Gasteiger partial charge in [0.25, 0.3) is 5.88 Å². The van der Waals surface area contributed by atoms with E-state index in [0.29, 0.717) is 6.54 Å². The molecule has 0 saturated carbocycles. The highest BCUT2D eigenvalue weighted by Crippen LogP contribution is 2.30. The molecule has 0 saturated heterocycles. The Hall–Kier alpha value is -3.31. The summed E-state index contributed by atoms with van der Waals surface area (Å²) in [6.07, 6.45) is 1.29. The molecule has 0 spiro atoms. The molecular weight excluding hydrogens is 414 g/mol. The molecule has 7 nitrogen and oxygen atoms in total. The van der Waals surface area contributed by atoms with Crippen LogP contribution < -0.4 is 10.6 Å². The Morgan fingerprint density at radius 3 is 2.55 bits per heavy atom. The number of allylic oxidation sites excluding steroid dienone is 4. The van der Waals surface area contributed by atoms with E-state index in [1.807, 2.05) is 0 Å². The molecule has 0 aliphatic heterocycles. The van der Waals surface area contributed by atoms with Gasteiger partial charge in [-0.1, -0.05) is 30.9 Å². The number of amides is 2. The van der Waals surface area contributed by atoms with Gasteiger partial charge in [-0.25, -0.2) is 9.37 Å². The highest BCUT2D eigenvalue weighted by molar-refractivity contribution is 6.51. The number of hydrogen-bond acceptors (Lipinski definition) is 4. The molecule has 1 aromatic carbocycles. The van der Waals surface area contributed by atoms with Crippen molar-refractivity contribution in [2.45, 2.75) is 13.1 Å². The van der Waals surface area contributed by atoms with Gasteiger partial charge >= 0.3 is 19.3 Å². The number of benzene rings is 1. The number of rotatable bonds is 9. The fraction of sp³-hybridized carbons (Fsp3) is 0.200. The lowest BCUT2D eigenvalue weighted by Gasteiger charge is -2.11. The topological polar surface area (TPSA) is 93.8 Å². The van der Waals surface area contributed by atoms with Gasteiger partial charge in [0.05, 0.1) is 12.7 Å². The number of hydrogen-bond donors (Lipinski definition) is 4. The van der Waals surface area contributed by atoms with Gasteiger partial charge in [0.1, 0.15) is 6.72 Å². The molecule has 2 amide bonds. The van der Waals surface area contributed by atoms with Crippen molar-refractivity contribution in [3.05, 3.63) is 77.8 Å². The molecule has 31 heavy (non-hydrogen) atoms. The van der Waals surface area contributed by atoms with Gasteiger partial charge in [0, 0.05) is 5.69 Å². The number of urea groups is 1. The zero-order valence-electron chi connectivity index (χ0n) is 17.1. The number of ether oxygens (including phenoxy) is 1. The second kappa shape index (κ2) is 11.8. The quantitative estimate of drug-likeness (QED) is 0.157. The summed E-state index contributed by atoms with van der Waals surface area (Å²) in [7, 11) is -0.341. The second-order valence-electron chi connectivity index (χ2n) is 6.36. The van der Waals surface area contributed by atoms with Crippen molar-refractivity contribution in [3.63, 3.8) is 0 Å². The highest BCUT2D eigenvalue weighted by atomic mass is 19.4. The van der Waals surface area contributed by atoms with Crippen LogP contribution in [0.25, 0.3) is 0 Å². The van der Waals surface area contributed by atoms with Crippen LogP contribution in [0.2, 0.25) is 0 Å². The molecule has 166 valence electrons. The summed E-state index contributed by atoms with van der Waals surface area (Å²) in [4.78, 5) is 12.1. The van der Waals surface area contributed by atoms with Gasteiger partial charge in [-0.3, -0.25) is 5.32 Å². The average molecular weight is 438 g/mol. The zero-order valence-corrected chi connectivity index (χ0v) is 17.1. The van der Waals surface area contributed by atoms with Crippen molar-refractivity contribution in [2.75, 3.05) is 19.0 Å². The Morgan fingerprint density at radius 2 is 2.00 bits per heavy atom. The van der Waals surface area contributed by atoms with Gasteiger partial charge in [0.15, 0.2) is 6.54 Å². The summed E-state index contributed by atoms with van der Waals surface area (Å²) < 4.78 is 44.8. The van der Waals surface area contributed by atoms with E-state index in [1.165, 1.54) is 42.2 Å². The number of carbonyl (C=O) groups is 1. The molecular formula is C20H24BF3N3O4+. The number of methoxy groups -OCH3 is 1. The van der Waals surface area contributed by atoms with Gasteiger partial charge in [-0.05, 0) is 36.2 Å².